The summed E-state index contributed by atoms with van der Waals surface area (Å²) >= 11 is 0. The number of pyridine rings is 1. The van der Waals surface area contributed by atoms with Gasteiger partial charge in [-0.15, -0.1) is 0 Å². The van der Waals surface area contributed by atoms with Gasteiger partial charge in [0.25, 0.3) is 0 Å². The molecule has 0 fully saturated rings. The Morgan fingerprint density at radius 2 is 2.24 bits per heavy atom. The number of allylic oxidation sites excluding steroid dienone is 4. The summed E-state index contributed by atoms with van der Waals surface area (Å²) in [5.74, 6) is 0.691. The van der Waals surface area contributed by atoms with Crippen LogP contribution in [-0.4, -0.2) is 9.61 Å². The van der Waals surface area contributed by atoms with Crippen LogP contribution in [0.3, 0.4) is 0 Å². The molecule has 0 spiro atoms. The van der Waals surface area contributed by atoms with Crippen molar-refractivity contribution in [2.45, 2.75) is 19.3 Å². The van der Waals surface area contributed by atoms with E-state index in [1.54, 1.807) is 10.7 Å². The van der Waals surface area contributed by atoms with E-state index in [9.17, 15) is 0 Å². The fourth-order valence-corrected chi connectivity index (χ4v) is 2.26. The molecule has 0 bridgehead atoms. The fourth-order valence-electron chi connectivity index (χ4n) is 2.26. The summed E-state index contributed by atoms with van der Waals surface area (Å²) < 4.78 is 1.76. The zero-order valence-corrected chi connectivity index (χ0v) is 9.63. The van der Waals surface area contributed by atoms with Crippen molar-refractivity contribution in [3.8, 4) is 0 Å². The molecule has 0 aliphatic heterocycles. The second-order valence-electron chi connectivity index (χ2n) is 4.35. The van der Waals surface area contributed by atoms with Crippen molar-refractivity contribution in [2.24, 2.45) is 0 Å². The summed E-state index contributed by atoms with van der Waals surface area (Å²) in [6, 6.07) is 6.13. The number of hydrogen-bond acceptors (Lipinski definition) is 2. The molecule has 0 amide bonds. The van der Waals surface area contributed by atoms with E-state index in [0.717, 1.165) is 18.4 Å². The highest BCUT2D eigenvalue weighted by Crippen LogP contribution is 2.26. The number of nitrogens with zero attached hydrogens (tertiary/aromatic N) is 2. The van der Waals surface area contributed by atoms with E-state index in [0.29, 0.717) is 5.82 Å². The zero-order valence-electron chi connectivity index (χ0n) is 9.63. The highest BCUT2D eigenvalue weighted by atomic mass is 15.2. The van der Waals surface area contributed by atoms with Crippen LogP contribution >= 0.6 is 0 Å². The molecule has 3 heteroatoms. The van der Waals surface area contributed by atoms with E-state index >= 15 is 0 Å². The first kappa shape index (κ1) is 10.1. The molecular weight excluding hydrogens is 210 g/mol. The van der Waals surface area contributed by atoms with Gasteiger partial charge in [0, 0.05) is 0 Å². The molecule has 86 valence electrons. The summed E-state index contributed by atoms with van der Waals surface area (Å²) in [6.45, 7) is 0. The van der Waals surface area contributed by atoms with E-state index in [4.69, 9.17) is 5.73 Å². The average Bonchev–Trinajstić information content (AvgIpc) is 2.63. The monoisotopic (exact) mass is 225 g/mol. The maximum absolute atomic E-state index is 6.00. The minimum absolute atomic E-state index is 0.691. The van der Waals surface area contributed by atoms with Gasteiger partial charge >= 0.3 is 0 Å². The lowest BCUT2D eigenvalue weighted by atomic mass is 10.0. The van der Waals surface area contributed by atoms with Gasteiger partial charge in [-0.25, -0.2) is 4.52 Å². The minimum Gasteiger partial charge on any atom is -0.384 e. The quantitative estimate of drug-likeness (QED) is 0.810. The first-order valence-electron chi connectivity index (χ1n) is 5.94. The minimum atomic E-state index is 0.691. The highest BCUT2D eigenvalue weighted by molar-refractivity contribution is 5.73. The van der Waals surface area contributed by atoms with Gasteiger partial charge in [0.2, 0.25) is 0 Å². The van der Waals surface area contributed by atoms with Gasteiger partial charge in [-0.1, -0.05) is 18.2 Å². The van der Waals surface area contributed by atoms with E-state index in [1.165, 1.54) is 17.6 Å². The van der Waals surface area contributed by atoms with E-state index < -0.39 is 0 Å². The Bertz CT molecular complexity index is 605. The van der Waals surface area contributed by atoms with Crippen LogP contribution in [0.5, 0.6) is 0 Å². The third-order valence-corrected chi connectivity index (χ3v) is 3.14. The average molecular weight is 225 g/mol. The van der Waals surface area contributed by atoms with Crippen LogP contribution in [0.15, 0.2) is 42.6 Å². The second-order valence-corrected chi connectivity index (χ2v) is 4.35. The molecule has 0 aromatic carbocycles. The van der Waals surface area contributed by atoms with Gasteiger partial charge in [-0.2, -0.15) is 5.10 Å². The maximum Gasteiger partial charge on any atom is 0.126 e. The molecule has 1 aliphatic rings. The number of nitrogen functional groups attached to an aromatic ring is 1. The van der Waals surface area contributed by atoms with E-state index in [-0.39, 0.29) is 0 Å². The summed E-state index contributed by atoms with van der Waals surface area (Å²) in [6.07, 6.45) is 11.8. The first-order valence-corrected chi connectivity index (χ1v) is 5.94. The van der Waals surface area contributed by atoms with Crippen LogP contribution in [0.25, 0.3) is 11.1 Å². The molecule has 2 aromatic rings. The Hall–Kier alpha value is -2.03. The molecule has 1 aliphatic carbocycles. The Morgan fingerprint density at radius 3 is 3.18 bits per heavy atom. The van der Waals surface area contributed by atoms with Crippen LogP contribution in [0.1, 0.15) is 24.8 Å². The molecule has 0 radical (unpaired) electrons. The number of rotatable bonds is 1. The normalized spacial score (nSPS) is 15.9. The van der Waals surface area contributed by atoms with Crippen molar-refractivity contribution in [3.63, 3.8) is 0 Å². The van der Waals surface area contributed by atoms with E-state index in [2.05, 4.69) is 29.4 Å². The lowest BCUT2D eigenvalue weighted by Crippen LogP contribution is -1.99. The van der Waals surface area contributed by atoms with Gasteiger partial charge in [0.05, 0.1) is 11.7 Å². The SMILES string of the molecule is Nc1cc(C2=CC=CCCC2)cc2ccnn12. The van der Waals surface area contributed by atoms with Crippen LogP contribution in [-0.2, 0) is 0 Å². The molecule has 0 saturated heterocycles. The van der Waals surface area contributed by atoms with Gasteiger partial charge < -0.3 is 5.73 Å². The van der Waals surface area contributed by atoms with Crippen molar-refractivity contribution in [1.82, 2.24) is 9.61 Å². The highest BCUT2D eigenvalue weighted by Gasteiger charge is 2.07. The third-order valence-electron chi connectivity index (χ3n) is 3.14. The Labute approximate surface area is 100 Å². The summed E-state index contributed by atoms with van der Waals surface area (Å²) in [5.41, 5.74) is 9.62. The number of fused-ring (bicyclic) bond motifs is 1. The Balaban J connectivity index is 2.10. The number of nitrogens with two attached hydrogens (primary N) is 1. The third kappa shape index (κ3) is 1.84. The largest absolute Gasteiger partial charge is 0.384 e. The number of aromatic nitrogens is 2. The molecule has 3 rings (SSSR count). The fraction of sp³-hybridized carbons (Fsp3) is 0.214. The van der Waals surface area contributed by atoms with Crippen molar-refractivity contribution in [2.75, 3.05) is 5.73 Å². The molecule has 2 aromatic heterocycles. The molecule has 0 unspecified atom stereocenters. The lowest BCUT2D eigenvalue weighted by Gasteiger charge is -2.08. The number of hydrogen-bond donors (Lipinski definition) is 1. The summed E-state index contributed by atoms with van der Waals surface area (Å²) in [5, 5.41) is 4.18. The molecule has 3 nitrogen and oxygen atoms in total. The van der Waals surface area contributed by atoms with Crippen molar-refractivity contribution < 1.29 is 0 Å². The Morgan fingerprint density at radius 1 is 1.29 bits per heavy atom. The van der Waals surface area contributed by atoms with Crippen LogP contribution in [0, 0.1) is 0 Å². The van der Waals surface area contributed by atoms with Gasteiger partial charge in [0.15, 0.2) is 0 Å². The zero-order chi connectivity index (χ0) is 11.7. The van der Waals surface area contributed by atoms with Crippen molar-refractivity contribution in [1.29, 1.82) is 0 Å². The molecule has 0 atom stereocenters. The molecule has 2 N–H and O–H groups in total. The number of anilines is 1. The molecule has 17 heavy (non-hydrogen) atoms. The maximum atomic E-state index is 6.00. The lowest BCUT2D eigenvalue weighted by molar-refractivity contribution is 0.885. The predicted octanol–water partition coefficient (Wildman–Crippen LogP) is 3.04. The van der Waals surface area contributed by atoms with Crippen molar-refractivity contribution in [3.05, 3.63) is 48.2 Å². The van der Waals surface area contributed by atoms with Crippen LogP contribution < -0.4 is 5.73 Å². The summed E-state index contributed by atoms with van der Waals surface area (Å²) in [4.78, 5) is 0. The molecular formula is C14H15N3. The summed E-state index contributed by atoms with van der Waals surface area (Å²) in [7, 11) is 0. The van der Waals surface area contributed by atoms with Crippen LogP contribution in [0.4, 0.5) is 5.82 Å². The van der Waals surface area contributed by atoms with Crippen LogP contribution in [0.2, 0.25) is 0 Å². The first-order chi connectivity index (χ1) is 8.34. The molecule has 2 heterocycles. The van der Waals surface area contributed by atoms with E-state index in [1.807, 2.05) is 12.1 Å². The standard InChI is InChI=1S/C14H15N3/c15-14-10-12(9-13-7-8-16-17(13)14)11-5-3-1-2-4-6-11/h1,3,5,7-10H,2,4,6,15H2. The second kappa shape index (κ2) is 4.09. The topological polar surface area (TPSA) is 43.3 Å². The Kier molecular flexibility index (Phi) is 2.44. The smallest absolute Gasteiger partial charge is 0.126 e. The van der Waals surface area contributed by atoms with Crippen molar-refractivity contribution >= 4 is 16.9 Å². The van der Waals surface area contributed by atoms with Gasteiger partial charge in [0.1, 0.15) is 5.82 Å². The van der Waals surface area contributed by atoms with Gasteiger partial charge in [-0.3, -0.25) is 0 Å². The molecule has 0 saturated carbocycles. The predicted molar refractivity (Wildman–Crippen MR) is 70.6 cm³/mol. The van der Waals surface area contributed by atoms with Gasteiger partial charge in [-0.05, 0) is 48.6 Å².